The van der Waals surface area contributed by atoms with Crippen molar-refractivity contribution in [2.45, 2.75) is 19.6 Å². The molecule has 0 amide bonds. The average Bonchev–Trinajstić information content (AvgIpc) is 2.70. The molecule has 0 bridgehead atoms. The third-order valence-corrected chi connectivity index (χ3v) is 7.91. The van der Waals surface area contributed by atoms with Gasteiger partial charge in [-0.3, -0.25) is 0 Å². The highest BCUT2D eigenvalue weighted by Gasteiger charge is 2.24. The van der Waals surface area contributed by atoms with Gasteiger partial charge < -0.3 is 14.7 Å². The summed E-state index contributed by atoms with van der Waals surface area (Å²) in [6.45, 7) is 2.84. The smallest absolute Gasteiger partial charge is 0.0234 e. The minimum atomic E-state index is -0.680. The second-order valence-electron chi connectivity index (χ2n) is 8.93. The lowest BCUT2D eigenvalue weighted by Gasteiger charge is -2.28. The van der Waals surface area contributed by atoms with E-state index in [9.17, 15) is 0 Å². The van der Waals surface area contributed by atoms with Crippen molar-refractivity contribution in [2.24, 2.45) is 0 Å². The lowest BCUT2D eigenvalue weighted by Crippen LogP contribution is -2.31. The highest BCUT2D eigenvalue weighted by molar-refractivity contribution is 7.80. The SMILES string of the molecule is CN(C)Cc1ccccc1P(c1ccccc1CN(C)C)c1ccccc1CN(C)C. The van der Waals surface area contributed by atoms with E-state index in [-0.39, 0.29) is 0 Å². The number of hydrogen-bond acceptors (Lipinski definition) is 3. The zero-order valence-electron chi connectivity index (χ0n) is 19.8. The highest BCUT2D eigenvalue weighted by Crippen LogP contribution is 2.37. The maximum atomic E-state index is 2.35. The van der Waals surface area contributed by atoms with Crippen LogP contribution in [0.1, 0.15) is 16.7 Å². The van der Waals surface area contributed by atoms with Gasteiger partial charge >= 0.3 is 0 Å². The number of rotatable bonds is 9. The van der Waals surface area contributed by atoms with E-state index in [0.717, 1.165) is 19.6 Å². The van der Waals surface area contributed by atoms with Crippen LogP contribution in [-0.2, 0) is 19.6 Å². The summed E-state index contributed by atoms with van der Waals surface area (Å²) in [4.78, 5) is 6.80. The van der Waals surface area contributed by atoms with E-state index in [0.29, 0.717) is 0 Å². The molecule has 4 heteroatoms. The Balaban J connectivity index is 2.26. The van der Waals surface area contributed by atoms with Crippen LogP contribution in [0.2, 0.25) is 0 Å². The van der Waals surface area contributed by atoms with E-state index in [1.165, 1.54) is 32.6 Å². The molecule has 3 aromatic carbocycles. The van der Waals surface area contributed by atoms with Crippen LogP contribution in [0.15, 0.2) is 72.8 Å². The van der Waals surface area contributed by atoms with E-state index < -0.39 is 7.92 Å². The van der Waals surface area contributed by atoms with Gasteiger partial charge in [-0.25, -0.2) is 0 Å². The predicted octanol–water partition coefficient (Wildman–Crippen LogP) is 3.63. The van der Waals surface area contributed by atoms with Gasteiger partial charge in [0, 0.05) is 19.6 Å². The molecule has 3 aromatic rings. The van der Waals surface area contributed by atoms with Gasteiger partial charge in [-0.15, -0.1) is 0 Å². The summed E-state index contributed by atoms with van der Waals surface area (Å²) in [5, 5.41) is 4.39. The molecule has 0 atom stereocenters. The maximum absolute atomic E-state index is 2.35. The summed E-state index contributed by atoms with van der Waals surface area (Å²) in [7, 11) is 12.2. The molecule has 0 spiro atoms. The minimum Gasteiger partial charge on any atom is -0.305 e. The molecule has 0 aliphatic rings. The van der Waals surface area contributed by atoms with Gasteiger partial charge in [0.25, 0.3) is 0 Å². The molecule has 0 aromatic heterocycles. The molecule has 0 aliphatic heterocycles. The topological polar surface area (TPSA) is 9.72 Å². The molecule has 0 saturated carbocycles. The van der Waals surface area contributed by atoms with E-state index in [2.05, 4.69) is 130 Å². The Labute approximate surface area is 190 Å². The van der Waals surface area contributed by atoms with Crippen molar-refractivity contribution in [3.63, 3.8) is 0 Å². The molecule has 0 heterocycles. The summed E-state index contributed by atoms with van der Waals surface area (Å²) < 4.78 is 0. The van der Waals surface area contributed by atoms with E-state index in [1.807, 2.05) is 0 Å². The molecule has 0 fully saturated rings. The Bertz CT molecular complexity index is 854. The Morgan fingerprint density at radius 3 is 0.968 bits per heavy atom. The zero-order valence-corrected chi connectivity index (χ0v) is 20.7. The van der Waals surface area contributed by atoms with Gasteiger partial charge in [0.05, 0.1) is 0 Å². The standard InChI is InChI=1S/C27H36N3P/c1-28(2)19-22-13-7-10-16-25(22)31(26-17-11-8-14-23(26)20-29(3)4)27-18-12-9-15-24(27)21-30(5)6/h7-18H,19-21H2,1-6H3. The Morgan fingerprint density at radius 2 is 0.710 bits per heavy atom. The first-order valence-corrected chi connectivity index (χ1v) is 12.2. The third-order valence-electron chi connectivity index (χ3n) is 5.16. The first-order valence-electron chi connectivity index (χ1n) is 10.8. The van der Waals surface area contributed by atoms with Crippen LogP contribution in [0.3, 0.4) is 0 Å². The lowest BCUT2D eigenvalue weighted by molar-refractivity contribution is 0.403. The molecule has 164 valence electrons. The summed E-state index contributed by atoms with van der Waals surface area (Å²) in [5.41, 5.74) is 4.24. The average molecular weight is 434 g/mol. The fourth-order valence-corrected chi connectivity index (χ4v) is 6.78. The van der Waals surface area contributed by atoms with E-state index in [4.69, 9.17) is 0 Å². The highest BCUT2D eigenvalue weighted by atomic mass is 31.1. The van der Waals surface area contributed by atoms with Crippen LogP contribution >= 0.6 is 7.92 Å². The van der Waals surface area contributed by atoms with Crippen molar-refractivity contribution >= 4 is 23.8 Å². The lowest BCUT2D eigenvalue weighted by atomic mass is 10.2. The van der Waals surface area contributed by atoms with Gasteiger partial charge in [-0.2, -0.15) is 0 Å². The number of nitrogens with zero attached hydrogens (tertiary/aromatic N) is 3. The van der Waals surface area contributed by atoms with Gasteiger partial charge in [0.2, 0.25) is 0 Å². The molecule has 0 saturated heterocycles. The predicted molar refractivity (Wildman–Crippen MR) is 137 cm³/mol. The van der Waals surface area contributed by atoms with Crippen molar-refractivity contribution in [1.82, 2.24) is 14.7 Å². The number of benzene rings is 3. The fraction of sp³-hybridized carbons (Fsp3) is 0.333. The zero-order chi connectivity index (χ0) is 22.4. The van der Waals surface area contributed by atoms with Crippen LogP contribution in [0, 0.1) is 0 Å². The van der Waals surface area contributed by atoms with Crippen molar-refractivity contribution < 1.29 is 0 Å². The minimum absolute atomic E-state index is 0.680. The molecule has 3 nitrogen and oxygen atoms in total. The molecular formula is C27H36N3P. The van der Waals surface area contributed by atoms with Gasteiger partial charge in [0.15, 0.2) is 0 Å². The second kappa shape index (κ2) is 11.0. The third kappa shape index (κ3) is 6.24. The van der Waals surface area contributed by atoms with Crippen molar-refractivity contribution in [3.05, 3.63) is 89.5 Å². The van der Waals surface area contributed by atoms with Crippen molar-refractivity contribution in [2.75, 3.05) is 42.3 Å². The van der Waals surface area contributed by atoms with Crippen LogP contribution in [-0.4, -0.2) is 57.0 Å². The summed E-state index contributed by atoms with van der Waals surface area (Å²) in [5.74, 6) is 0. The van der Waals surface area contributed by atoms with Gasteiger partial charge in [-0.05, 0) is 82.8 Å². The Hall–Kier alpha value is -2.03. The van der Waals surface area contributed by atoms with E-state index in [1.54, 1.807) is 0 Å². The Morgan fingerprint density at radius 1 is 0.452 bits per heavy atom. The second-order valence-corrected chi connectivity index (χ2v) is 11.1. The van der Waals surface area contributed by atoms with Crippen molar-refractivity contribution in [1.29, 1.82) is 0 Å². The first kappa shape index (κ1) is 23.6. The van der Waals surface area contributed by atoms with Crippen molar-refractivity contribution in [3.8, 4) is 0 Å². The molecule has 3 rings (SSSR count). The number of hydrogen-bond donors (Lipinski definition) is 0. The van der Waals surface area contributed by atoms with Gasteiger partial charge in [-0.1, -0.05) is 72.8 Å². The van der Waals surface area contributed by atoms with E-state index >= 15 is 0 Å². The quantitative estimate of drug-likeness (QED) is 0.477. The molecule has 0 N–H and O–H groups in total. The summed E-state index contributed by atoms with van der Waals surface area (Å²) >= 11 is 0. The van der Waals surface area contributed by atoms with Crippen LogP contribution < -0.4 is 15.9 Å². The molecule has 0 radical (unpaired) electrons. The normalized spacial score (nSPS) is 11.8. The largest absolute Gasteiger partial charge is 0.305 e. The first-order chi connectivity index (χ1) is 14.9. The fourth-order valence-electron chi connectivity index (χ4n) is 4.00. The summed E-state index contributed by atoms with van der Waals surface area (Å²) in [6.07, 6.45) is 0. The molecular weight excluding hydrogens is 397 g/mol. The van der Waals surface area contributed by atoms with Crippen LogP contribution in [0.4, 0.5) is 0 Å². The molecule has 0 unspecified atom stereocenters. The Kier molecular flexibility index (Phi) is 8.40. The maximum Gasteiger partial charge on any atom is 0.0234 e. The molecule has 31 heavy (non-hydrogen) atoms. The van der Waals surface area contributed by atoms with Crippen LogP contribution in [0.25, 0.3) is 0 Å². The van der Waals surface area contributed by atoms with Crippen LogP contribution in [0.5, 0.6) is 0 Å². The van der Waals surface area contributed by atoms with Gasteiger partial charge in [0.1, 0.15) is 0 Å². The summed E-state index contributed by atoms with van der Waals surface area (Å²) in [6, 6.07) is 27.1. The monoisotopic (exact) mass is 433 g/mol. The molecule has 0 aliphatic carbocycles.